The molecule has 2 nitrogen and oxygen atoms in total. The summed E-state index contributed by atoms with van der Waals surface area (Å²) >= 11 is 0. The van der Waals surface area contributed by atoms with Crippen molar-refractivity contribution in [2.75, 3.05) is 13.7 Å². The lowest BCUT2D eigenvalue weighted by Crippen LogP contribution is -2.32. The van der Waals surface area contributed by atoms with E-state index < -0.39 is 0 Å². The highest BCUT2D eigenvalue weighted by atomic mass is 16.5. The van der Waals surface area contributed by atoms with Crippen LogP contribution in [0.25, 0.3) is 0 Å². The van der Waals surface area contributed by atoms with E-state index in [1.807, 2.05) is 0 Å². The smallest absolute Gasteiger partial charge is 0.122 e. The van der Waals surface area contributed by atoms with Gasteiger partial charge in [0.05, 0.1) is 7.11 Å². The number of ether oxygens (including phenoxy) is 1. The van der Waals surface area contributed by atoms with E-state index in [4.69, 9.17) is 10.5 Å². The van der Waals surface area contributed by atoms with Gasteiger partial charge in [-0.25, -0.2) is 0 Å². The molecule has 2 fully saturated rings. The van der Waals surface area contributed by atoms with Crippen LogP contribution in [0.2, 0.25) is 0 Å². The molecule has 2 saturated carbocycles. The molecule has 0 unspecified atom stereocenters. The number of methoxy groups -OCH3 is 1. The molecule has 0 saturated heterocycles. The van der Waals surface area contributed by atoms with Crippen LogP contribution in [0.5, 0.6) is 5.75 Å². The largest absolute Gasteiger partial charge is 0.496 e. The van der Waals surface area contributed by atoms with E-state index in [2.05, 4.69) is 18.2 Å². The minimum Gasteiger partial charge on any atom is -0.496 e. The molecular formula is C16H23NO. The zero-order valence-electron chi connectivity index (χ0n) is 11.2. The molecule has 1 aromatic carbocycles. The van der Waals surface area contributed by atoms with Gasteiger partial charge in [0.15, 0.2) is 0 Å². The summed E-state index contributed by atoms with van der Waals surface area (Å²) in [6.07, 6.45) is 7.72. The van der Waals surface area contributed by atoms with Gasteiger partial charge in [0.25, 0.3) is 0 Å². The second kappa shape index (κ2) is 4.58. The zero-order valence-corrected chi connectivity index (χ0v) is 11.2. The molecule has 0 spiro atoms. The van der Waals surface area contributed by atoms with Gasteiger partial charge in [-0.2, -0.15) is 0 Å². The molecule has 2 aliphatic carbocycles. The molecule has 0 aliphatic heterocycles. The van der Waals surface area contributed by atoms with Crippen LogP contribution >= 0.6 is 0 Å². The van der Waals surface area contributed by atoms with Gasteiger partial charge in [0.1, 0.15) is 5.75 Å². The van der Waals surface area contributed by atoms with Crippen molar-refractivity contribution >= 4 is 0 Å². The molecule has 0 heterocycles. The molecule has 2 N–H and O–H groups in total. The average molecular weight is 245 g/mol. The molecule has 1 aromatic rings. The normalized spacial score (nSPS) is 22.1. The van der Waals surface area contributed by atoms with Crippen LogP contribution in [-0.4, -0.2) is 13.7 Å². The van der Waals surface area contributed by atoms with Crippen molar-refractivity contribution in [3.63, 3.8) is 0 Å². The fraction of sp³-hybridized carbons (Fsp3) is 0.625. The van der Waals surface area contributed by atoms with Crippen molar-refractivity contribution in [1.82, 2.24) is 0 Å². The Bertz CT molecular complexity index is 431. The third kappa shape index (κ3) is 1.93. The molecule has 98 valence electrons. The number of hydrogen-bond donors (Lipinski definition) is 1. The molecule has 2 heteroatoms. The van der Waals surface area contributed by atoms with Gasteiger partial charge in [-0.1, -0.05) is 25.0 Å². The number of nitrogens with two attached hydrogens (primary N) is 1. The lowest BCUT2D eigenvalue weighted by atomic mass is 9.78. The maximum atomic E-state index is 6.06. The summed E-state index contributed by atoms with van der Waals surface area (Å²) in [5, 5.41) is 0. The first kappa shape index (κ1) is 12.0. The first-order valence-corrected chi connectivity index (χ1v) is 7.17. The fourth-order valence-electron chi connectivity index (χ4n) is 3.44. The molecule has 0 aromatic heterocycles. The van der Waals surface area contributed by atoms with Crippen LogP contribution in [-0.2, 0) is 5.41 Å². The van der Waals surface area contributed by atoms with Crippen molar-refractivity contribution in [3.05, 3.63) is 29.3 Å². The van der Waals surface area contributed by atoms with E-state index in [0.717, 1.165) is 18.2 Å². The number of hydrogen-bond acceptors (Lipinski definition) is 2. The Balaban J connectivity index is 1.97. The summed E-state index contributed by atoms with van der Waals surface area (Å²) in [7, 11) is 1.79. The Morgan fingerprint density at radius 2 is 2.00 bits per heavy atom. The van der Waals surface area contributed by atoms with Crippen molar-refractivity contribution in [2.45, 2.75) is 49.9 Å². The summed E-state index contributed by atoms with van der Waals surface area (Å²) in [6, 6.07) is 6.84. The van der Waals surface area contributed by atoms with Crippen molar-refractivity contribution in [1.29, 1.82) is 0 Å². The Hall–Kier alpha value is -1.02. The van der Waals surface area contributed by atoms with Crippen LogP contribution in [0, 0.1) is 0 Å². The van der Waals surface area contributed by atoms with Crippen molar-refractivity contribution in [3.8, 4) is 5.75 Å². The number of benzene rings is 1. The maximum Gasteiger partial charge on any atom is 0.122 e. The first-order valence-electron chi connectivity index (χ1n) is 7.17. The third-order valence-electron chi connectivity index (χ3n) is 4.81. The lowest BCUT2D eigenvalue weighted by Gasteiger charge is -2.28. The molecular weight excluding hydrogens is 222 g/mol. The van der Waals surface area contributed by atoms with Gasteiger partial charge in [0, 0.05) is 12.0 Å². The Morgan fingerprint density at radius 3 is 2.56 bits per heavy atom. The first-order chi connectivity index (χ1) is 8.79. The summed E-state index contributed by atoms with van der Waals surface area (Å²) in [4.78, 5) is 0. The predicted molar refractivity (Wildman–Crippen MR) is 74.2 cm³/mol. The quantitative estimate of drug-likeness (QED) is 0.883. The summed E-state index contributed by atoms with van der Waals surface area (Å²) in [5.41, 5.74) is 9.07. The lowest BCUT2D eigenvalue weighted by molar-refractivity contribution is 0.403. The van der Waals surface area contributed by atoms with Gasteiger partial charge in [-0.3, -0.25) is 0 Å². The summed E-state index contributed by atoms with van der Waals surface area (Å²) < 4.78 is 5.60. The van der Waals surface area contributed by atoms with E-state index in [1.165, 1.54) is 49.7 Å². The monoisotopic (exact) mass is 245 g/mol. The van der Waals surface area contributed by atoms with Gasteiger partial charge in [-0.05, 0) is 48.8 Å². The molecule has 0 bridgehead atoms. The third-order valence-corrected chi connectivity index (χ3v) is 4.81. The molecule has 0 radical (unpaired) electrons. The zero-order chi connectivity index (χ0) is 12.6. The summed E-state index contributed by atoms with van der Waals surface area (Å²) in [5.74, 6) is 1.82. The Kier molecular flexibility index (Phi) is 3.06. The van der Waals surface area contributed by atoms with E-state index in [9.17, 15) is 0 Å². The predicted octanol–water partition coefficient (Wildman–Crippen LogP) is 3.34. The second-order valence-electron chi connectivity index (χ2n) is 5.92. The Morgan fingerprint density at radius 1 is 1.28 bits per heavy atom. The van der Waals surface area contributed by atoms with Crippen molar-refractivity contribution < 1.29 is 4.74 Å². The topological polar surface area (TPSA) is 35.2 Å². The van der Waals surface area contributed by atoms with Gasteiger partial charge in [0.2, 0.25) is 0 Å². The van der Waals surface area contributed by atoms with Gasteiger partial charge < -0.3 is 10.5 Å². The molecule has 0 amide bonds. The number of rotatable bonds is 4. The van der Waals surface area contributed by atoms with Crippen LogP contribution in [0.4, 0.5) is 0 Å². The van der Waals surface area contributed by atoms with E-state index in [-0.39, 0.29) is 5.41 Å². The van der Waals surface area contributed by atoms with E-state index in [0.29, 0.717) is 0 Å². The highest BCUT2D eigenvalue weighted by molar-refractivity contribution is 5.44. The van der Waals surface area contributed by atoms with Crippen LogP contribution in [0.15, 0.2) is 18.2 Å². The molecule has 18 heavy (non-hydrogen) atoms. The molecule has 0 atom stereocenters. The highest BCUT2D eigenvalue weighted by Crippen LogP contribution is 2.47. The fourth-order valence-corrected chi connectivity index (χ4v) is 3.44. The SMILES string of the molecule is COc1cc(C2(CN)CCCC2)ccc1C1CC1. The van der Waals surface area contributed by atoms with E-state index >= 15 is 0 Å². The average Bonchev–Trinajstić information content (AvgIpc) is 3.15. The minimum absolute atomic E-state index is 0.218. The van der Waals surface area contributed by atoms with E-state index in [1.54, 1.807) is 7.11 Å². The summed E-state index contributed by atoms with van der Waals surface area (Å²) in [6.45, 7) is 0.763. The minimum atomic E-state index is 0.218. The molecule has 3 rings (SSSR count). The standard InChI is InChI=1S/C16H23NO/c1-18-15-10-13(6-7-14(15)12-4-5-12)16(11-17)8-2-3-9-16/h6-7,10,12H,2-5,8-9,11,17H2,1H3. The van der Waals surface area contributed by atoms with Gasteiger partial charge in [-0.15, -0.1) is 0 Å². The van der Waals surface area contributed by atoms with Crippen molar-refractivity contribution in [2.24, 2.45) is 5.73 Å². The van der Waals surface area contributed by atoms with Gasteiger partial charge >= 0.3 is 0 Å². The second-order valence-corrected chi connectivity index (χ2v) is 5.92. The highest BCUT2D eigenvalue weighted by Gasteiger charge is 2.35. The van der Waals surface area contributed by atoms with Crippen LogP contribution in [0.1, 0.15) is 55.6 Å². The molecule has 2 aliphatic rings. The Labute approximate surface area is 110 Å². The maximum absolute atomic E-state index is 6.06. The van der Waals surface area contributed by atoms with Crippen LogP contribution < -0.4 is 10.5 Å². The van der Waals surface area contributed by atoms with Crippen LogP contribution in [0.3, 0.4) is 0 Å².